The van der Waals surface area contributed by atoms with E-state index in [4.69, 9.17) is 10.5 Å². The Kier molecular flexibility index (Phi) is 3.40. The van der Waals surface area contributed by atoms with E-state index < -0.39 is 11.7 Å². The Bertz CT molecular complexity index is 502. The number of amides is 1. The van der Waals surface area contributed by atoms with Gasteiger partial charge < -0.3 is 15.4 Å². The molecule has 1 heterocycles. The quantitative estimate of drug-likeness (QED) is 0.894. The van der Waals surface area contributed by atoms with Crippen molar-refractivity contribution in [2.24, 2.45) is 5.73 Å². The summed E-state index contributed by atoms with van der Waals surface area (Å²) in [7, 11) is 1.27. The van der Waals surface area contributed by atoms with Crippen LogP contribution >= 0.6 is 0 Å². The first kappa shape index (κ1) is 13.7. The maximum Gasteiger partial charge on any atom is 0.416 e. The molecule has 1 amide bonds. The molecule has 104 valence electrons. The number of nitrogens with two attached hydrogens (primary N) is 1. The van der Waals surface area contributed by atoms with Gasteiger partial charge in [-0.05, 0) is 12.1 Å². The van der Waals surface area contributed by atoms with Crippen molar-refractivity contribution in [2.45, 2.75) is 18.6 Å². The molecule has 0 spiro atoms. The summed E-state index contributed by atoms with van der Waals surface area (Å²) in [6, 6.07) is 2.86. The largest absolute Gasteiger partial charge is 0.497 e. The lowest BCUT2D eigenvalue weighted by Gasteiger charge is -2.19. The monoisotopic (exact) mass is 274 g/mol. The Morgan fingerprint density at radius 3 is 2.53 bits per heavy atom. The summed E-state index contributed by atoms with van der Waals surface area (Å²) in [5.41, 5.74) is 4.94. The van der Waals surface area contributed by atoms with E-state index >= 15 is 0 Å². The first-order chi connectivity index (χ1) is 8.81. The average Bonchev–Trinajstić information content (AvgIpc) is 2.66. The van der Waals surface area contributed by atoms with Crippen molar-refractivity contribution < 1.29 is 22.7 Å². The van der Waals surface area contributed by atoms with Crippen LogP contribution in [0.2, 0.25) is 0 Å². The number of halogens is 3. The second-order valence-electron chi connectivity index (χ2n) is 4.39. The van der Waals surface area contributed by atoms with E-state index in [-0.39, 0.29) is 36.4 Å². The third-order valence-corrected chi connectivity index (χ3v) is 2.92. The summed E-state index contributed by atoms with van der Waals surface area (Å²) in [6.07, 6.45) is -4.35. The van der Waals surface area contributed by atoms with Crippen LogP contribution in [0.4, 0.5) is 18.9 Å². The normalized spacial score (nSPS) is 19.9. The molecule has 1 aliphatic rings. The van der Waals surface area contributed by atoms with Gasteiger partial charge in [-0.3, -0.25) is 4.79 Å². The van der Waals surface area contributed by atoms with Gasteiger partial charge in [-0.25, -0.2) is 0 Å². The molecule has 0 aromatic heterocycles. The van der Waals surface area contributed by atoms with Crippen molar-refractivity contribution in [1.82, 2.24) is 0 Å². The topological polar surface area (TPSA) is 55.6 Å². The van der Waals surface area contributed by atoms with Crippen molar-refractivity contribution in [2.75, 3.05) is 18.6 Å². The van der Waals surface area contributed by atoms with Gasteiger partial charge in [0.1, 0.15) is 5.75 Å². The first-order valence-corrected chi connectivity index (χ1v) is 5.63. The minimum absolute atomic E-state index is 0.0538. The zero-order valence-corrected chi connectivity index (χ0v) is 10.2. The summed E-state index contributed by atoms with van der Waals surface area (Å²) in [6.45, 7) is 0.212. The molecule has 1 unspecified atom stereocenters. The molecular formula is C12H13F3N2O2. The second kappa shape index (κ2) is 4.73. The minimum atomic E-state index is -4.49. The van der Waals surface area contributed by atoms with Gasteiger partial charge in [-0.1, -0.05) is 0 Å². The van der Waals surface area contributed by atoms with E-state index in [2.05, 4.69) is 0 Å². The molecule has 0 saturated carbocycles. The molecular weight excluding hydrogens is 261 g/mol. The number of benzene rings is 1. The van der Waals surface area contributed by atoms with Crippen molar-refractivity contribution in [1.29, 1.82) is 0 Å². The van der Waals surface area contributed by atoms with Crippen LogP contribution in [0.5, 0.6) is 5.75 Å². The number of nitrogens with zero attached hydrogens (tertiary/aromatic N) is 1. The van der Waals surface area contributed by atoms with Crippen LogP contribution in [0.3, 0.4) is 0 Å². The SMILES string of the molecule is COc1cc(N2CC(N)CC2=O)cc(C(F)(F)F)c1. The molecule has 2 N–H and O–H groups in total. The fourth-order valence-corrected chi connectivity index (χ4v) is 2.01. The third-order valence-electron chi connectivity index (χ3n) is 2.92. The smallest absolute Gasteiger partial charge is 0.416 e. The Labute approximate surface area is 107 Å². The van der Waals surface area contributed by atoms with Gasteiger partial charge in [0.25, 0.3) is 0 Å². The van der Waals surface area contributed by atoms with Crippen molar-refractivity contribution in [3.63, 3.8) is 0 Å². The lowest BCUT2D eigenvalue weighted by molar-refractivity contribution is -0.137. The number of alkyl halides is 3. The molecule has 1 fully saturated rings. The number of carbonyl (C=O) groups excluding carboxylic acids is 1. The van der Waals surface area contributed by atoms with Gasteiger partial charge in [0.05, 0.1) is 12.7 Å². The summed E-state index contributed by atoms with van der Waals surface area (Å²) in [4.78, 5) is 12.9. The van der Waals surface area contributed by atoms with Crippen LogP contribution < -0.4 is 15.4 Å². The van der Waals surface area contributed by atoms with E-state index in [0.717, 1.165) is 12.1 Å². The highest BCUT2D eigenvalue weighted by Gasteiger charge is 2.34. The molecule has 4 nitrogen and oxygen atoms in total. The maximum atomic E-state index is 12.8. The predicted octanol–water partition coefficient (Wildman–Crippen LogP) is 1.78. The van der Waals surface area contributed by atoms with Gasteiger partial charge in [0.2, 0.25) is 5.91 Å². The predicted molar refractivity (Wildman–Crippen MR) is 62.9 cm³/mol. The van der Waals surface area contributed by atoms with Crippen molar-refractivity contribution in [3.05, 3.63) is 23.8 Å². The minimum Gasteiger partial charge on any atom is -0.497 e. The lowest BCUT2D eigenvalue weighted by atomic mass is 10.1. The zero-order valence-electron chi connectivity index (χ0n) is 10.2. The molecule has 1 aliphatic heterocycles. The van der Waals surface area contributed by atoms with Crippen LogP contribution in [-0.2, 0) is 11.0 Å². The molecule has 1 atom stereocenters. The first-order valence-electron chi connectivity index (χ1n) is 5.63. The van der Waals surface area contributed by atoms with E-state index in [1.807, 2.05) is 0 Å². The number of hydrogen-bond acceptors (Lipinski definition) is 3. The molecule has 0 aliphatic carbocycles. The van der Waals surface area contributed by atoms with Gasteiger partial charge in [-0.2, -0.15) is 13.2 Å². The Hall–Kier alpha value is -1.76. The zero-order chi connectivity index (χ0) is 14.2. The molecule has 1 aromatic rings. The number of rotatable bonds is 2. The highest BCUT2D eigenvalue weighted by molar-refractivity contribution is 5.96. The Morgan fingerprint density at radius 1 is 1.37 bits per heavy atom. The number of hydrogen-bond donors (Lipinski definition) is 1. The van der Waals surface area contributed by atoms with Gasteiger partial charge in [0, 0.05) is 30.8 Å². The second-order valence-corrected chi connectivity index (χ2v) is 4.39. The fourth-order valence-electron chi connectivity index (χ4n) is 2.01. The lowest BCUT2D eigenvalue weighted by Crippen LogP contribution is -2.28. The van der Waals surface area contributed by atoms with Crippen molar-refractivity contribution >= 4 is 11.6 Å². The average molecular weight is 274 g/mol. The summed E-state index contributed by atoms with van der Waals surface area (Å²) >= 11 is 0. The van der Waals surface area contributed by atoms with E-state index in [0.29, 0.717) is 0 Å². The molecule has 0 radical (unpaired) electrons. The van der Waals surface area contributed by atoms with Crippen LogP contribution in [0.25, 0.3) is 0 Å². The van der Waals surface area contributed by atoms with Gasteiger partial charge in [-0.15, -0.1) is 0 Å². The highest BCUT2D eigenvalue weighted by Crippen LogP contribution is 2.36. The van der Waals surface area contributed by atoms with Crippen LogP contribution in [0.15, 0.2) is 18.2 Å². The van der Waals surface area contributed by atoms with E-state index in [9.17, 15) is 18.0 Å². The van der Waals surface area contributed by atoms with Gasteiger partial charge >= 0.3 is 6.18 Å². The number of anilines is 1. The Balaban J connectivity index is 2.43. The molecule has 1 saturated heterocycles. The molecule has 1 aromatic carbocycles. The van der Waals surface area contributed by atoms with E-state index in [1.165, 1.54) is 18.1 Å². The van der Waals surface area contributed by atoms with E-state index in [1.54, 1.807) is 0 Å². The van der Waals surface area contributed by atoms with Crippen LogP contribution in [0.1, 0.15) is 12.0 Å². The fraction of sp³-hybridized carbons (Fsp3) is 0.417. The number of methoxy groups -OCH3 is 1. The molecule has 19 heavy (non-hydrogen) atoms. The number of ether oxygens (including phenoxy) is 1. The summed E-state index contributed by atoms with van der Waals surface area (Å²) < 4.78 is 43.1. The maximum absolute atomic E-state index is 12.8. The van der Waals surface area contributed by atoms with Crippen LogP contribution in [0, 0.1) is 0 Å². The molecule has 0 bridgehead atoms. The van der Waals surface area contributed by atoms with Gasteiger partial charge in [0.15, 0.2) is 0 Å². The molecule has 2 rings (SSSR count). The number of carbonyl (C=O) groups is 1. The summed E-state index contributed by atoms with van der Waals surface area (Å²) in [5.74, 6) is -0.230. The molecule has 7 heteroatoms. The standard InChI is InChI=1S/C12H13F3N2O2/c1-19-10-3-7(12(13,14)15)2-9(5-10)17-6-8(16)4-11(17)18/h2-3,5,8H,4,6,16H2,1H3. The summed E-state index contributed by atoms with van der Waals surface area (Å²) in [5, 5.41) is 0. The third kappa shape index (κ3) is 2.81. The van der Waals surface area contributed by atoms with Crippen LogP contribution in [-0.4, -0.2) is 25.6 Å². The highest BCUT2D eigenvalue weighted by atomic mass is 19.4. The van der Waals surface area contributed by atoms with Crippen molar-refractivity contribution in [3.8, 4) is 5.75 Å². The Morgan fingerprint density at radius 2 is 2.05 bits per heavy atom.